The summed E-state index contributed by atoms with van der Waals surface area (Å²) in [5.74, 6) is -0.256. The van der Waals surface area contributed by atoms with E-state index in [4.69, 9.17) is 11.6 Å². The molecule has 1 amide bonds. The van der Waals surface area contributed by atoms with Gasteiger partial charge < -0.3 is 5.32 Å². The first-order valence-electron chi connectivity index (χ1n) is 7.82. The van der Waals surface area contributed by atoms with Gasteiger partial charge >= 0.3 is 0 Å². The fourth-order valence-electron chi connectivity index (χ4n) is 2.72. The summed E-state index contributed by atoms with van der Waals surface area (Å²) < 4.78 is 1.78. The maximum absolute atomic E-state index is 12.7. The highest BCUT2D eigenvalue weighted by atomic mass is 35.5. The molecule has 1 heterocycles. The summed E-state index contributed by atoms with van der Waals surface area (Å²) in [6.07, 6.45) is 0. The van der Waals surface area contributed by atoms with Gasteiger partial charge in [0.15, 0.2) is 5.69 Å². The third kappa shape index (κ3) is 2.99. The monoisotopic (exact) mass is 347 g/mol. The van der Waals surface area contributed by atoms with Crippen molar-refractivity contribution in [2.75, 3.05) is 5.32 Å². The van der Waals surface area contributed by atoms with E-state index in [1.165, 1.54) is 0 Å². The Labute approximate surface area is 149 Å². The second-order valence-electron chi connectivity index (χ2n) is 5.57. The Morgan fingerprint density at radius 3 is 2.32 bits per heavy atom. The molecule has 0 aliphatic rings. The van der Waals surface area contributed by atoms with Crippen LogP contribution in [-0.4, -0.2) is 15.7 Å². The Bertz CT molecular complexity index is 1040. The van der Waals surface area contributed by atoms with Gasteiger partial charge in [-0.05, 0) is 42.5 Å². The van der Waals surface area contributed by atoms with Crippen molar-refractivity contribution in [3.63, 3.8) is 0 Å². The van der Waals surface area contributed by atoms with Gasteiger partial charge in [-0.1, -0.05) is 48.0 Å². The van der Waals surface area contributed by atoms with Crippen LogP contribution in [0.3, 0.4) is 0 Å². The standard InChI is InChI=1S/C20H14ClN3O/c21-14-10-12-15(13-11-14)22-20(25)19-17-8-4-5-9-18(17)24(23-19)16-6-2-1-3-7-16/h1-13H,(H,22,25). The number of rotatable bonds is 3. The van der Waals surface area contributed by atoms with Gasteiger partial charge in [0, 0.05) is 16.1 Å². The lowest BCUT2D eigenvalue weighted by Crippen LogP contribution is -2.13. The van der Waals surface area contributed by atoms with Gasteiger partial charge in [-0.15, -0.1) is 0 Å². The molecule has 0 radical (unpaired) electrons. The van der Waals surface area contributed by atoms with E-state index in [1.54, 1.807) is 28.9 Å². The van der Waals surface area contributed by atoms with E-state index in [0.717, 1.165) is 16.6 Å². The number of halogens is 1. The van der Waals surface area contributed by atoms with Crippen molar-refractivity contribution in [2.45, 2.75) is 0 Å². The second kappa shape index (κ2) is 6.42. The van der Waals surface area contributed by atoms with Crippen molar-refractivity contribution < 1.29 is 4.79 Å². The predicted molar refractivity (Wildman–Crippen MR) is 100 cm³/mol. The number of anilines is 1. The molecule has 0 saturated carbocycles. The first-order valence-corrected chi connectivity index (χ1v) is 8.20. The summed E-state index contributed by atoms with van der Waals surface area (Å²) in [7, 11) is 0. The fraction of sp³-hybridized carbons (Fsp3) is 0. The number of para-hydroxylation sites is 2. The molecule has 0 saturated heterocycles. The lowest BCUT2D eigenvalue weighted by molar-refractivity contribution is 0.102. The smallest absolute Gasteiger partial charge is 0.276 e. The number of fused-ring (bicyclic) bond motifs is 1. The molecule has 1 aromatic heterocycles. The quantitative estimate of drug-likeness (QED) is 0.571. The highest BCUT2D eigenvalue weighted by Crippen LogP contribution is 2.23. The van der Waals surface area contributed by atoms with Crippen LogP contribution in [0.2, 0.25) is 5.02 Å². The summed E-state index contributed by atoms with van der Waals surface area (Å²) in [6.45, 7) is 0. The largest absolute Gasteiger partial charge is 0.321 e. The summed E-state index contributed by atoms with van der Waals surface area (Å²) in [6, 6.07) is 24.4. The van der Waals surface area contributed by atoms with Crippen molar-refractivity contribution in [1.82, 2.24) is 9.78 Å². The SMILES string of the molecule is O=C(Nc1ccc(Cl)cc1)c1nn(-c2ccccc2)c2ccccc12. The van der Waals surface area contributed by atoms with Gasteiger partial charge in [-0.2, -0.15) is 5.10 Å². The van der Waals surface area contributed by atoms with E-state index in [-0.39, 0.29) is 5.91 Å². The molecule has 4 nitrogen and oxygen atoms in total. The Balaban J connectivity index is 1.77. The van der Waals surface area contributed by atoms with Crippen molar-refractivity contribution in [1.29, 1.82) is 0 Å². The number of carbonyl (C=O) groups is 1. The highest BCUT2D eigenvalue weighted by Gasteiger charge is 2.17. The summed E-state index contributed by atoms with van der Waals surface area (Å²) in [4.78, 5) is 12.7. The Morgan fingerprint density at radius 2 is 1.56 bits per heavy atom. The number of nitrogens with zero attached hydrogens (tertiary/aromatic N) is 2. The van der Waals surface area contributed by atoms with Gasteiger partial charge in [-0.25, -0.2) is 4.68 Å². The Kier molecular flexibility index (Phi) is 3.96. The molecule has 0 aliphatic heterocycles. The third-order valence-corrected chi connectivity index (χ3v) is 4.16. The maximum atomic E-state index is 12.7. The highest BCUT2D eigenvalue weighted by molar-refractivity contribution is 6.30. The number of carbonyl (C=O) groups excluding carboxylic acids is 1. The fourth-order valence-corrected chi connectivity index (χ4v) is 2.85. The molecule has 3 aromatic carbocycles. The minimum atomic E-state index is -0.256. The van der Waals surface area contributed by atoms with Crippen LogP contribution in [0, 0.1) is 0 Å². The van der Waals surface area contributed by atoms with E-state index in [2.05, 4.69) is 10.4 Å². The van der Waals surface area contributed by atoms with Crippen LogP contribution >= 0.6 is 11.6 Å². The van der Waals surface area contributed by atoms with Crippen LogP contribution in [0.1, 0.15) is 10.5 Å². The van der Waals surface area contributed by atoms with Crippen LogP contribution < -0.4 is 5.32 Å². The van der Waals surface area contributed by atoms with Gasteiger partial charge in [0.25, 0.3) is 5.91 Å². The number of aromatic nitrogens is 2. The molecule has 0 aliphatic carbocycles. The lowest BCUT2D eigenvalue weighted by atomic mass is 10.2. The van der Waals surface area contributed by atoms with Gasteiger partial charge in [0.2, 0.25) is 0 Å². The molecular formula is C20H14ClN3O. The molecule has 0 unspecified atom stereocenters. The topological polar surface area (TPSA) is 46.9 Å². The molecule has 4 rings (SSSR count). The van der Waals surface area contributed by atoms with E-state index < -0.39 is 0 Å². The molecular weight excluding hydrogens is 334 g/mol. The van der Waals surface area contributed by atoms with Gasteiger partial charge in [0.1, 0.15) is 0 Å². The third-order valence-electron chi connectivity index (χ3n) is 3.91. The molecule has 4 aromatic rings. The van der Waals surface area contributed by atoms with E-state index in [9.17, 15) is 4.79 Å². The minimum Gasteiger partial charge on any atom is -0.321 e. The molecule has 5 heteroatoms. The summed E-state index contributed by atoms with van der Waals surface area (Å²) >= 11 is 5.89. The molecule has 0 atom stereocenters. The Hall–Kier alpha value is -3.11. The number of amides is 1. The van der Waals surface area contributed by atoms with Crippen LogP contribution in [0.5, 0.6) is 0 Å². The summed E-state index contributed by atoms with van der Waals surface area (Å²) in [5.41, 5.74) is 2.85. The molecule has 0 fully saturated rings. The minimum absolute atomic E-state index is 0.256. The van der Waals surface area contributed by atoms with Crippen molar-refractivity contribution in [3.05, 3.63) is 89.6 Å². The molecule has 0 spiro atoms. The van der Waals surface area contributed by atoms with Crippen LogP contribution in [0.15, 0.2) is 78.9 Å². The van der Waals surface area contributed by atoms with E-state index in [1.807, 2.05) is 54.6 Å². The van der Waals surface area contributed by atoms with Crippen LogP contribution in [0.25, 0.3) is 16.6 Å². The zero-order valence-corrected chi connectivity index (χ0v) is 13.9. The van der Waals surface area contributed by atoms with Crippen molar-refractivity contribution in [2.24, 2.45) is 0 Å². The average Bonchev–Trinajstić information content (AvgIpc) is 3.04. The Morgan fingerprint density at radius 1 is 0.880 bits per heavy atom. The zero-order valence-electron chi connectivity index (χ0n) is 13.2. The number of hydrogen-bond donors (Lipinski definition) is 1. The number of nitrogens with one attached hydrogen (secondary N) is 1. The number of benzene rings is 3. The average molecular weight is 348 g/mol. The normalized spacial score (nSPS) is 10.8. The first-order chi connectivity index (χ1) is 12.2. The first kappa shape index (κ1) is 15.4. The van der Waals surface area contributed by atoms with Crippen molar-refractivity contribution >= 4 is 34.1 Å². The van der Waals surface area contributed by atoms with E-state index in [0.29, 0.717) is 16.4 Å². The van der Waals surface area contributed by atoms with Crippen LogP contribution in [-0.2, 0) is 0 Å². The number of hydrogen-bond acceptors (Lipinski definition) is 2. The maximum Gasteiger partial charge on any atom is 0.276 e. The zero-order chi connectivity index (χ0) is 17.2. The molecule has 122 valence electrons. The van der Waals surface area contributed by atoms with Gasteiger partial charge in [-0.3, -0.25) is 4.79 Å². The molecule has 1 N–H and O–H groups in total. The van der Waals surface area contributed by atoms with Crippen LogP contribution in [0.4, 0.5) is 5.69 Å². The second-order valence-corrected chi connectivity index (χ2v) is 6.01. The van der Waals surface area contributed by atoms with Crippen molar-refractivity contribution in [3.8, 4) is 5.69 Å². The molecule has 0 bridgehead atoms. The predicted octanol–water partition coefficient (Wildman–Crippen LogP) is 4.93. The van der Waals surface area contributed by atoms with Gasteiger partial charge in [0.05, 0.1) is 11.2 Å². The lowest BCUT2D eigenvalue weighted by Gasteiger charge is -2.03. The summed E-state index contributed by atoms with van der Waals surface area (Å²) in [5, 5.41) is 8.85. The van der Waals surface area contributed by atoms with E-state index >= 15 is 0 Å². The molecule has 25 heavy (non-hydrogen) atoms.